The Morgan fingerprint density at radius 3 is 2.22 bits per heavy atom. The van der Waals surface area contributed by atoms with Crippen molar-refractivity contribution in [3.05, 3.63) is 102 Å². The fraction of sp³-hybridized carbons (Fsp3) is 0.265. The van der Waals surface area contributed by atoms with Crippen LogP contribution in [-0.4, -0.2) is 22.9 Å². The van der Waals surface area contributed by atoms with Gasteiger partial charge in [-0.3, -0.25) is 4.79 Å². The number of benzene rings is 3. The van der Waals surface area contributed by atoms with Crippen LogP contribution in [0, 0.1) is 6.92 Å². The van der Waals surface area contributed by atoms with Crippen molar-refractivity contribution in [3.8, 4) is 33.7 Å². The quantitative estimate of drug-likeness (QED) is 0.177. The van der Waals surface area contributed by atoms with E-state index in [0.29, 0.717) is 18.8 Å². The van der Waals surface area contributed by atoms with E-state index in [0.717, 1.165) is 57.9 Å². The van der Waals surface area contributed by atoms with Crippen LogP contribution in [0.1, 0.15) is 56.2 Å². The predicted molar refractivity (Wildman–Crippen MR) is 158 cm³/mol. The smallest absolute Gasteiger partial charge is 0.306 e. The Hall–Kier alpha value is -4.65. The van der Waals surface area contributed by atoms with Gasteiger partial charge < -0.3 is 19.1 Å². The number of carbonyl (C=O) groups is 1. The van der Waals surface area contributed by atoms with Crippen molar-refractivity contribution in [2.24, 2.45) is 0 Å². The Balaban J connectivity index is 1.16. The second-order valence-corrected chi connectivity index (χ2v) is 10.7. The molecule has 3 aromatic carbocycles. The third-order valence-corrected chi connectivity index (χ3v) is 7.87. The molecule has 7 nitrogen and oxygen atoms in total. The fourth-order valence-electron chi connectivity index (χ4n) is 5.30. The van der Waals surface area contributed by atoms with E-state index >= 15 is 0 Å². The van der Waals surface area contributed by atoms with Gasteiger partial charge in [0.2, 0.25) is 0 Å². The second kappa shape index (κ2) is 11.1. The van der Waals surface area contributed by atoms with Crippen LogP contribution >= 0.6 is 0 Å². The number of nitrogens with one attached hydrogen (secondary N) is 1. The highest BCUT2D eigenvalue weighted by molar-refractivity contribution is 5.77. The van der Waals surface area contributed by atoms with Gasteiger partial charge in [-0.2, -0.15) is 0 Å². The molecule has 5 aromatic rings. The van der Waals surface area contributed by atoms with Crippen LogP contribution in [0.2, 0.25) is 0 Å². The van der Waals surface area contributed by atoms with Crippen LogP contribution in [0.3, 0.4) is 0 Å². The SMILES string of the molecule is CCOC(=O)CC1(c2ccc(-c3ccc(-c4onc(C)c4NC(C)c4cc(-c5ccccc5)no4)cc3)cc2)CC1. The summed E-state index contributed by atoms with van der Waals surface area (Å²) in [6, 6.07) is 28.6. The molecule has 6 rings (SSSR count). The standard InChI is InChI=1S/C34H33N3O4/c1-4-39-31(38)21-34(18-19-34)28-16-14-25(15-17-28)24-10-12-27(13-11-24)33-32(23(3)36-41-33)35-22(2)30-20-29(37-40-30)26-8-6-5-7-9-26/h5-17,20,22,35H,4,18-19,21H2,1-3H3. The molecule has 2 aromatic heterocycles. The fourth-order valence-corrected chi connectivity index (χ4v) is 5.30. The first-order valence-electron chi connectivity index (χ1n) is 14.1. The van der Waals surface area contributed by atoms with Gasteiger partial charge in [-0.15, -0.1) is 0 Å². The minimum atomic E-state index is -0.145. The minimum absolute atomic E-state index is 0.0614. The summed E-state index contributed by atoms with van der Waals surface area (Å²) in [6.45, 7) is 6.21. The van der Waals surface area contributed by atoms with E-state index in [2.05, 4.69) is 52.0 Å². The van der Waals surface area contributed by atoms with E-state index in [1.54, 1.807) is 0 Å². The zero-order valence-electron chi connectivity index (χ0n) is 23.5. The number of hydrogen-bond acceptors (Lipinski definition) is 7. The first kappa shape index (κ1) is 26.6. The summed E-state index contributed by atoms with van der Waals surface area (Å²) in [6.07, 6.45) is 2.50. The largest absolute Gasteiger partial charge is 0.466 e. The number of anilines is 1. The van der Waals surface area contributed by atoms with Crippen molar-refractivity contribution < 1.29 is 18.6 Å². The molecule has 2 heterocycles. The highest BCUT2D eigenvalue weighted by Crippen LogP contribution is 2.51. The molecule has 0 aliphatic heterocycles. The van der Waals surface area contributed by atoms with Crippen LogP contribution in [0.4, 0.5) is 5.69 Å². The van der Waals surface area contributed by atoms with E-state index in [1.165, 1.54) is 5.56 Å². The van der Waals surface area contributed by atoms with Gasteiger partial charge in [0.05, 0.1) is 19.1 Å². The molecule has 1 atom stereocenters. The van der Waals surface area contributed by atoms with Gasteiger partial charge in [0.1, 0.15) is 17.1 Å². The molecule has 1 fully saturated rings. The summed E-state index contributed by atoms with van der Waals surface area (Å²) in [5, 5.41) is 12.0. The first-order chi connectivity index (χ1) is 20.0. The van der Waals surface area contributed by atoms with Crippen LogP contribution in [0.5, 0.6) is 0 Å². The Morgan fingerprint density at radius 2 is 1.56 bits per heavy atom. The van der Waals surface area contributed by atoms with Gasteiger partial charge in [-0.1, -0.05) is 89.2 Å². The molecule has 0 bridgehead atoms. The number of esters is 1. The Bertz CT molecular complexity index is 1630. The number of rotatable bonds is 10. The zero-order chi connectivity index (χ0) is 28.4. The average molecular weight is 548 g/mol. The van der Waals surface area contributed by atoms with Crippen LogP contribution in [0.15, 0.2) is 94.0 Å². The Morgan fingerprint density at radius 1 is 0.902 bits per heavy atom. The van der Waals surface area contributed by atoms with Gasteiger partial charge in [0, 0.05) is 22.6 Å². The lowest BCUT2D eigenvalue weighted by Gasteiger charge is -2.15. The predicted octanol–water partition coefficient (Wildman–Crippen LogP) is 8.13. The Labute approximate surface area is 239 Å². The third kappa shape index (κ3) is 5.53. The summed E-state index contributed by atoms with van der Waals surface area (Å²) in [4.78, 5) is 12.1. The number of carbonyl (C=O) groups excluding carboxylic acids is 1. The topological polar surface area (TPSA) is 90.4 Å². The number of hydrogen-bond donors (Lipinski definition) is 1. The van der Waals surface area contributed by atoms with E-state index in [1.807, 2.05) is 69.3 Å². The molecule has 0 amide bonds. The zero-order valence-corrected chi connectivity index (χ0v) is 23.5. The second-order valence-electron chi connectivity index (χ2n) is 10.7. The lowest BCUT2D eigenvalue weighted by atomic mass is 9.91. The third-order valence-electron chi connectivity index (χ3n) is 7.87. The maximum atomic E-state index is 12.1. The van der Waals surface area contributed by atoms with E-state index in [9.17, 15) is 4.79 Å². The maximum absolute atomic E-state index is 12.1. The van der Waals surface area contributed by atoms with Crippen molar-refractivity contribution in [2.75, 3.05) is 11.9 Å². The van der Waals surface area contributed by atoms with E-state index in [4.69, 9.17) is 13.8 Å². The Kier molecular flexibility index (Phi) is 7.18. The molecule has 208 valence electrons. The maximum Gasteiger partial charge on any atom is 0.306 e. The molecule has 1 unspecified atom stereocenters. The summed E-state index contributed by atoms with van der Waals surface area (Å²) in [5.74, 6) is 1.28. The summed E-state index contributed by atoms with van der Waals surface area (Å²) in [7, 11) is 0. The van der Waals surface area contributed by atoms with Crippen molar-refractivity contribution in [1.82, 2.24) is 10.3 Å². The lowest BCUT2D eigenvalue weighted by Crippen LogP contribution is -2.15. The molecule has 0 radical (unpaired) electrons. The molecular formula is C34H33N3O4. The normalized spacial score (nSPS) is 14.4. The van der Waals surface area contributed by atoms with Crippen LogP contribution in [-0.2, 0) is 14.9 Å². The van der Waals surface area contributed by atoms with Crippen molar-refractivity contribution in [3.63, 3.8) is 0 Å². The number of nitrogens with zero attached hydrogens (tertiary/aromatic N) is 2. The summed E-state index contributed by atoms with van der Waals surface area (Å²) >= 11 is 0. The van der Waals surface area contributed by atoms with E-state index < -0.39 is 0 Å². The summed E-state index contributed by atoms with van der Waals surface area (Å²) in [5.41, 5.74) is 7.69. The molecule has 41 heavy (non-hydrogen) atoms. The van der Waals surface area contributed by atoms with Crippen LogP contribution < -0.4 is 5.32 Å². The highest BCUT2D eigenvalue weighted by Gasteiger charge is 2.46. The van der Waals surface area contributed by atoms with Gasteiger partial charge in [0.25, 0.3) is 0 Å². The van der Waals surface area contributed by atoms with Gasteiger partial charge in [0.15, 0.2) is 11.5 Å². The molecule has 1 aliphatic rings. The van der Waals surface area contributed by atoms with E-state index in [-0.39, 0.29) is 17.4 Å². The number of aryl methyl sites for hydroxylation is 1. The van der Waals surface area contributed by atoms with Gasteiger partial charge in [-0.25, -0.2) is 0 Å². The minimum Gasteiger partial charge on any atom is -0.466 e. The van der Waals surface area contributed by atoms with Crippen molar-refractivity contribution in [2.45, 2.75) is 51.5 Å². The molecule has 1 aliphatic carbocycles. The summed E-state index contributed by atoms with van der Waals surface area (Å²) < 4.78 is 16.6. The van der Waals surface area contributed by atoms with Crippen molar-refractivity contribution >= 4 is 11.7 Å². The average Bonchev–Trinajstić information content (AvgIpc) is 3.43. The van der Waals surface area contributed by atoms with Gasteiger partial charge in [-0.05, 0) is 50.3 Å². The van der Waals surface area contributed by atoms with Crippen LogP contribution in [0.25, 0.3) is 33.7 Å². The number of aromatic nitrogens is 2. The van der Waals surface area contributed by atoms with Crippen molar-refractivity contribution in [1.29, 1.82) is 0 Å². The molecular weight excluding hydrogens is 514 g/mol. The molecule has 7 heteroatoms. The lowest BCUT2D eigenvalue weighted by molar-refractivity contribution is -0.143. The molecule has 0 spiro atoms. The molecule has 1 saturated carbocycles. The number of ether oxygens (including phenoxy) is 1. The molecule has 1 N–H and O–H groups in total. The van der Waals surface area contributed by atoms with Gasteiger partial charge >= 0.3 is 5.97 Å². The first-order valence-corrected chi connectivity index (χ1v) is 14.1. The highest BCUT2D eigenvalue weighted by atomic mass is 16.5. The molecule has 0 saturated heterocycles. The monoisotopic (exact) mass is 547 g/mol.